The molecule has 4 nitrogen and oxygen atoms in total. The van der Waals surface area contributed by atoms with Gasteiger partial charge in [0.1, 0.15) is 16.8 Å². The highest BCUT2D eigenvalue weighted by Crippen LogP contribution is 2.20. The minimum Gasteiger partial charge on any atom is -0.359 e. The number of hydrogen-bond acceptors (Lipinski definition) is 4. The Kier molecular flexibility index (Phi) is 4.40. The maximum Gasteiger partial charge on any atom is 0.134 e. The molecule has 0 saturated carbocycles. The van der Waals surface area contributed by atoms with Gasteiger partial charge in [-0.1, -0.05) is 18.5 Å². The van der Waals surface area contributed by atoms with Crippen molar-refractivity contribution < 1.29 is 0 Å². The Hall–Kier alpha value is -0.870. The van der Waals surface area contributed by atoms with Gasteiger partial charge in [0.2, 0.25) is 0 Å². The Morgan fingerprint density at radius 2 is 2.28 bits per heavy atom. The average molecular weight is 269 g/mol. The van der Waals surface area contributed by atoms with Gasteiger partial charge in [0.25, 0.3) is 0 Å². The number of rotatable bonds is 4. The average Bonchev–Trinajstić information content (AvgIpc) is 2.73. The van der Waals surface area contributed by atoms with Gasteiger partial charge in [-0.05, 0) is 25.9 Å². The highest BCUT2D eigenvalue weighted by molar-refractivity contribution is 6.29. The van der Waals surface area contributed by atoms with E-state index >= 15 is 0 Å². The van der Waals surface area contributed by atoms with E-state index < -0.39 is 0 Å². The minimum absolute atomic E-state index is 0.534. The summed E-state index contributed by atoms with van der Waals surface area (Å²) in [5, 5.41) is 0.534. The molecule has 0 bridgehead atoms. The van der Waals surface area contributed by atoms with Gasteiger partial charge in [0.15, 0.2) is 0 Å². The molecule has 1 aliphatic rings. The van der Waals surface area contributed by atoms with Gasteiger partial charge in [-0.25, -0.2) is 9.97 Å². The number of hydrogen-bond donors (Lipinski definition) is 0. The molecule has 1 aromatic heterocycles. The number of aromatic nitrogens is 2. The molecule has 0 aromatic carbocycles. The number of aryl methyl sites for hydroxylation is 1. The Balaban J connectivity index is 2.03. The summed E-state index contributed by atoms with van der Waals surface area (Å²) < 4.78 is 0. The number of halogens is 1. The fraction of sp³-hybridized carbons (Fsp3) is 0.692. The van der Waals surface area contributed by atoms with Crippen LogP contribution in [0.15, 0.2) is 6.07 Å². The molecule has 1 saturated heterocycles. The fourth-order valence-electron chi connectivity index (χ4n) is 2.46. The minimum atomic E-state index is 0.534. The van der Waals surface area contributed by atoms with E-state index in [0.29, 0.717) is 5.15 Å². The summed E-state index contributed by atoms with van der Waals surface area (Å²) in [6.45, 7) is 5.44. The van der Waals surface area contributed by atoms with Crippen molar-refractivity contribution >= 4 is 17.4 Å². The molecule has 0 aliphatic carbocycles. The van der Waals surface area contributed by atoms with E-state index in [1.807, 2.05) is 13.0 Å². The summed E-state index contributed by atoms with van der Waals surface area (Å²) in [5.41, 5.74) is 0. The highest BCUT2D eigenvalue weighted by atomic mass is 35.5. The van der Waals surface area contributed by atoms with Gasteiger partial charge < -0.3 is 9.80 Å². The van der Waals surface area contributed by atoms with Crippen LogP contribution in [-0.4, -0.2) is 48.6 Å². The first kappa shape index (κ1) is 13.6. The van der Waals surface area contributed by atoms with Gasteiger partial charge in [-0.2, -0.15) is 0 Å². The van der Waals surface area contributed by atoms with E-state index in [4.69, 9.17) is 11.6 Å². The molecule has 0 N–H and O–H groups in total. The molecule has 0 radical (unpaired) electrons. The zero-order valence-electron chi connectivity index (χ0n) is 11.4. The van der Waals surface area contributed by atoms with Gasteiger partial charge in [0, 0.05) is 32.6 Å². The second-order valence-electron chi connectivity index (χ2n) is 5.12. The van der Waals surface area contributed by atoms with Crippen LogP contribution in [0.5, 0.6) is 0 Å². The molecular formula is C13H21ClN4. The first-order valence-electron chi connectivity index (χ1n) is 6.51. The summed E-state index contributed by atoms with van der Waals surface area (Å²) in [4.78, 5) is 13.3. The third kappa shape index (κ3) is 3.33. The second-order valence-corrected chi connectivity index (χ2v) is 5.50. The van der Waals surface area contributed by atoms with Gasteiger partial charge >= 0.3 is 0 Å². The van der Waals surface area contributed by atoms with Crippen molar-refractivity contribution in [3.05, 3.63) is 17.0 Å². The van der Waals surface area contributed by atoms with Crippen LogP contribution < -0.4 is 4.90 Å². The van der Waals surface area contributed by atoms with Crippen molar-refractivity contribution in [2.45, 2.75) is 19.8 Å². The van der Waals surface area contributed by atoms with Crippen molar-refractivity contribution in [3.63, 3.8) is 0 Å². The monoisotopic (exact) mass is 268 g/mol. The van der Waals surface area contributed by atoms with Crippen molar-refractivity contribution in [2.75, 3.05) is 38.6 Å². The summed E-state index contributed by atoms with van der Waals surface area (Å²) >= 11 is 6.03. The smallest absolute Gasteiger partial charge is 0.134 e. The van der Waals surface area contributed by atoms with Crippen LogP contribution in [0.25, 0.3) is 0 Å². The standard InChI is InChI=1S/C13H21ClN4/c1-4-12-15-11(14)7-13(16-12)18(3)9-10-5-6-17(2)8-10/h7,10H,4-6,8-9H2,1-3H3. The molecule has 1 aliphatic heterocycles. The molecule has 1 atom stereocenters. The van der Waals surface area contributed by atoms with E-state index in [0.717, 1.165) is 30.5 Å². The lowest BCUT2D eigenvalue weighted by molar-refractivity contribution is 0.395. The Morgan fingerprint density at radius 3 is 2.89 bits per heavy atom. The number of nitrogens with zero attached hydrogens (tertiary/aromatic N) is 4. The van der Waals surface area contributed by atoms with Crippen LogP contribution >= 0.6 is 11.6 Å². The normalized spacial score (nSPS) is 20.3. The molecule has 100 valence electrons. The highest BCUT2D eigenvalue weighted by Gasteiger charge is 2.21. The second kappa shape index (κ2) is 5.85. The first-order chi connectivity index (χ1) is 8.58. The van der Waals surface area contributed by atoms with Gasteiger partial charge in [-0.15, -0.1) is 0 Å². The number of likely N-dealkylation sites (tertiary alicyclic amines) is 1. The summed E-state index contributed by atoms with van der Waals surface area (Å²) in [6.07, 6.45) is 2.08. The van der Waals surface area contributed by atoms with E-state index in [1.165, 1.54) is 19.5 Å². The Morgan fingerprint density at radius 1 is 1.50 bits per heavy atom. The molecule has 1 unspecified atom stereocenters. The molecule has 0 amide bonds. The van der Waals surface area contributed by atoms with Crippen molar-refractivity contribution in [1.82, 2.24) is 14.9 Å². The SMILES string of the molecule is CCc1nc(Cl)cc(N(C)CC2CCN(C)C2)n1. The fourth-order valence-corrected chi connectivity index (χ4v) is 2.66. The zero-order valence-corrected chi connectivity index (χ0v) is 12.1. The Labute approximate surface area is 114 Å². The van der Waals surface area contributed by atoms with E-state index in [9.17, 15) is 0 Å². The number of anilines is 1. The molecular weight excluding hydrogens is 248 g/mol. The van der Waals surface area contributed by atoms with Crippen LogP contribution in [-0.2, 0) is 6.42 Å². The quantitative estimate of drug-likeness (QED) is 0.783. The lowest BCUT2D eigenvalue weighted by atomic mass is 10.1. The van der Waals surface area contributed by atoms with E-state index in [1.54, 1.807) is 0 Å². The van der Waals surface area contributed by atoms with Crippen LogP contribution in [0.3, 0.4) is 0 Å². The first-order valence-corrected chi connectivity index (χ1v) is 6.89. The summed E-state index contributed by atoms with van der Waals surface area (Å²) in [5.74, 6) is 2.47. The van der Waals surface area contributed by atoms with Crippen molar-refractivity contribution in [1.29, 1.82) is 0 Å². The summed E-state index contributed by atoms with van der Waals surface area (Å²) in [6, 6.07) is 1.85. The maximum absolute atomic E-state index is 6.03. The third-order valence-corrected chi connectivity index (χ3v) is 3.65. The Bertz CT molecular complexity index is 410. The predicted molar refractivity (Wildman–Crippen MR) is 75.3 cm³/mol. The molecule has 1 aromatic rings. The zero-order chi connectivity index (χ0) is 13.1. The van der Waals surface area contributed by atoms with Crippen LogP contribution in [0, 0.1) is 5.92 Å². The topological polar surface area (TPSA) is 32.3 Å². The van der Waals surface area contributed by atoms with E-state index in [-0.39, 0.29) is 0 Å². The molecule has 2 rings (SSSR count). The van der Waals surface area contributed by atoms with Gasteiger partial charge in [-0.3, -0.25) is 0 Å². The molecule has 1 fully saturated rings. The van der Waals surface area contributed by atoms with Crippen LogP contribution in [0.2, 0.25) is 5.15 Å². The third-order valence-electron chi connectivity index (χ3n) is 3.46. The van der Waals surface area contributed by atoms with Crippen LogP contribution in [0.1, 0.15) is 19.2 Å². The maximum atomic E-state index is 6.03. The predicted octanol–water partition coefficient (Wildman–Crippen LogP) is 2.08. The molecule has 5 heteroatoms. The van der Waals surface area contributed by atoms with Crippen LogP contribution in [0.4, 0.5) is 5.82 Å². The van der Waals surface area contributed by atoms with E-state index in [2.05, 4.69) is 33.9 Å². The molecule has 0 spiro atoms. The largest absolute Gasteiger partial charge is 0.359 e. The summed E-state index contributed by atoms with van der Waals surface area (Å²) in [7, 11) is 4.26. The van der Waals surface area contributed by atoms with Crippen molar-refractivity contribution in [2.24, 2.45) is 5.92 Å². The lowest BCUT2D eigenvalue weighted by Gasteiger charge is -2.22. The molecule has 18 heavy (non-hydrogen) atoms. The van der Waals surface area contributed by atoms with Crippen molar-refractivity contribution in [3.8, 4) is 0 Å². The lowest BCUT2D eigenvalue weighted by Crippen LogP contribution is -2.28. The van der Waals surface area contributed by atoms with Gasteiger partial charge in [0.05, 0.1) is 0 Å². The molecule has 2 heterocycles.